The molecule has 0 spiro atoms. The van der Waals surface area contributed by atoms with E-state index < -0.39 is 35.1 Å². The van der Waals surface area contributed by atoms with Gasteiger partial charge in [-0.2, -0.15) is 26.3 Å². The van der Waals surface area contributed by atoms with Crippen LogP contribution in [0.15, 0.2) is 48.5 Å². The average molecular weight is 402 g/mol. The van der Waals surface area contributed by atoms with Crippen LogP contribution in [0.4, 0.5) is 37.7 Å². The second kappa shape index (κ2) is 7.95. The molecular weight excluding hydrogens is 386 g/mol. The third-order valence-electron chi connectivity index (χ3n) is 3.72. The van der Waals surface area contributed by atoms with Crippen LogP contribution in [0.3, 0.4) is 0 Å². The van der Waals surface area contributed by atoms with Crippen LogP contribution in [0, 0.1) is 0 Å². The number of nitrogens with one attached hydrogen (secondary N) is 1. The Morgan fingerprint density at radius 1 is 0.964 bits per heavy atom. The summed E-state index contributed by atoms with van der Waals surface area (Å²) in [4.78, 5) is 13.4. The maximum Gasteiger partial charge on any atom is 0.418 e. The van der Waals surface area contributed by atoms with Gasteiger partial charge >= 0.3 is 12.4 Å². The van der Waals surface area contributed by atoms with E-state index in [1.54, 1.807) is 14.1 Å². The van der Waals surface area contributed by atoms with Crippen LogP contribution >= 0.6 is 0 Å². The molecule has 0 heterocycles. The Bertz CT molecular complexity index is 885. The molecule has 2 aromatic carbocycles. The first kappa shape index (κ1) is 21.3. The minimum Gasteiger partial charge on any atom is -0.378 e. The third kappa shape index (κ3) is 5.51. The lowest BCUT2D eigenvalue weighted by atomic mass is 10.1. The summed E-state index contributed by atoms with van der Waals surface area (Å²) >= 11 is 0. The Morgan fingerprint density at radius 2 is 1.64 bits per heavy atom. The molecular formula is C19H16F6N2O. The first-order chi connectivity index (χ1) is 12.9. The van der Waals surface area contributed by atoms with Gasteiger partial charge < -0.3 is 10.2 Å². The predicted octanol–water partition coefficient (Wildman–Crippen LogP) is 5.44. The zero-order valence-electron chi connectivity index (χ0n) is 14.8. The zero-order valence-corrected chi connectivity index (χ0v) is 14.8. The van der Waals surface area contributed by atoms with E-state index in [1.807, 2.05) is 0 Å². The van der Waals surface area contributed by atoms with Gasteiger partial charge in [-0.25, -0.2) is 0 Å². The fourth-order valence-corrected chi connectivity index (χ4v) is 2.32. The van der Waals surface area contributed by atoms with E-state index in [0.29, 0.717) is 5.69 Å². The summed E-state index contributed by atoms with van der Waals surface area (Å²) in [6.45, 7) is 0. The fraction of sp³-hybridized carbons (Fsp3) is 0.211. The van der Waals surface area contributed by atoms with Gasteiger partial charge in [-0.3, -0.25) is 4.79 Å². The second-order valence-electron chi connectivity index (χ2n) is 6.07. The minimum atomic E-state index is -4.70. The lowest BCUT2D eigenvalue weighted by Gasteiger charge is -2.18. The molecule has 0 fully saturated rings. The molecule has 150 valence electrons. The Morgan fingerprint density at radius 3 is 2.21 bits per heavy atom. The van der Waals surface area contributed by atoms with Gasteiger partial charge in [0, 0.05) is 25.9 Å². The molecule has 0 radical (unpaired) electrons. The van der Waals surface area contributed by atoms with E-state index in [1.165, 1.54) is 23.1 Å². The highest BCUT2D eigenvalue weighted by molar-refractivity contribution is 6.02. The summed E-state index contributed by atoms with van der Waals surface area (Å²) in [5, 5.41) is 2.11. The lowest BCUT2D eigenvalue weighted by molar-refractivity contribution is -0.138. The molecule has 0 bridgehead atoms. The molecule has 0 aliphatic heterocycles. The number of carbonyl (C=O) groups excluding carboxylic acids is 1. The van der Waals surface area contributed by atoms with Gasteiger partial charge in [0.25, 0.3) is 0 Å². The SMILES string of the molecule is CN(C)c1ccc(NC(=O)/C=C/c2cccc(C(F)(F)F)c2)c(C(F)(F)F)c1. The van der Waals surface area contributed by atoms with E-state index in [4.69, 9.17) is 0 Å². The molecule has 28 heavy (non-hydrogen) atoms. The van der Waals surface area contributed by atoms with E-state index in [2.05, 4.69) is 5.32 Å². The molecule has 0 aliphatic rings. The lowest BCUT2D eigenvalue weighted by Crippen LogP contribution is -2.16. The van der Waals surface area contributed by atoms with Crippen molar-refractivity contribution in [2.45, 2.75) is 12.4 Å². The number of hydrogen-bond acceptors (Lipinski definition) is 2. The first-order valence-corrected chi connectivity index (χ1v) is 7.93. The maximum absolute atomic E-state index is 13.3. The summed E-state index contributed by atoms with van der Waals surface area (Å²) in [6, 6.07) is 7.63. The molecule has 1 N–H and O–H groups in total. The number of rotatable bonds is 4. The molecule has 9 heteroatoms. The number of carbonyl (C=O) groups is 1. The summed E-state index contributed by atoms with van der Waals surface area (Å²) in [6.07, 6.45) is -7.27. The number of alkyl halides is 6. The van der Waals surface area contributed by atoms with Crippen molar-refractivity contribution in [1.29, 1.82) is 0 Å². The Balaban J connectivity index is 2.23. The molecule has 3 nitrogen and oxygen atoms in total. The molecule has 0 unspecified atom stereocenters. The Hall–Kier alpha value is -2.97. The zero-order chi connectivity index (χ0) is 21.1. The number of halogens is 6. The van der Waals surface area contributed by atoms with Gasteiger partial charge in [-0.05, 0) is 42.0 Å². The van der Waals surface area contributed by atoms with Gasteiger partial charge in [-0.1, -0.05) is 12.1 Å². The van der Waals surface area contributed by atoms with Crippen molar-refractivity contribution in [3.63, 3.8) is 0 Å². The number of hydrogen-bond donors (Lipinski definition) is 1. The van der Waals surface area contributed by atoms with Crippen LogP contribution < -0.4 is 10.2 Å². The number of nitrogens with zero attached hydrogens (tertiary/aromatic N) is 1. The molecule has 0 aliphatic carbocycles. The summed E-state index contributed by atoms with van der Waals surface area (Å²) in [5.41, 5.74) is -1.99. The van der Waals surface area contributed by atoms with Crippen LogP contribution in [0.25, 0.3) is 6.08 Å². The van der Waals surface area contributed by atoms with Gasteiger partial charge in [0.2, 0.25) is 5.91 Å². The van der Waals surface area contributed by atoms with Crippen molar-refractivity contribution in [3.05, 3.63) is 65.2 Å². The smallest absolute Gasteiger partial charge is 0.378 e. The molecule has 2 aromatic rings. The quantitative estimate of drug-likeness (QED) is 0.546. The average Bonchev–Trinajstić information content (AvgIpc) is 2.58. The molecule has 0 atom stereocenters. The van der Waals surface area contributed by atoms with Crippen molar-refractivity contribution in [3.8, 4) is 0 Å². The van der Waals surface area contributed by atoms with Gasteiger partial charge in [0.1, 0.15) is 0 Å². The highest BCUT2D eigenvalue weighted by Crippen LogP contribution is 2.37. The maximum atomic E-state index is 13.3. The predicted molar refractivity (Wildman–Crippen MR) is 94.9 cm³/mol. The third-order valence-corrected chi connectivity index (χ3v) is 3.72. The topological polar surface area (TPSA) is 32.3 Å². The van der Waals surface area contributed by atoms with E-state index in [-0.39, 0.29) is 5.56 Å². The van der Waals surface area contributed by atoms with Crippen molar-refractivity contribution in [1.82, 2.24) is 0 Å². The Labute approximate surface area is 157 Å². The fourth-order valence-electron chi connectivity index (χ4n) is 2.32. The first-order valence-electron chi connectivity index (χ1n) is 7.93. The minimum absolute atomic E-state index is 0.0870. The molecule has 0 aromatic heterocycles. The van der Waals surface area contributed by atoms with Crippen molar-refractivity contribution < 1.29 is 31.1 Å². The standard InChI is InChI=1S/C19H16F6N2O/c1-27(2)14-7-8-16(15(11-14)19(23,24)25)26-17(28)9-6-12-4-3-5-13(10-12)18(20,21)22/h3-11H,1-2H3,(H,26,28)/b9-6+. The summed E-state index contributed by atoms with van der Waals surface area (Å²) in [5.74, 6) is -0.902. The van der Waals surface area contributed by atoms with Crippen LogP contribution in [-0.4, -0.2) is 20.0 Å². The van der Waals surface area contributed by atoms with Crippen molar-refractivity contribution >= 4 is 23.4 Å². The second-order valence-corrected chi connectivity index (χ2v) is 6.07. The van der Waals surface area contributed by atoms with Crippen LogP contribution in [-0.2, 0) is 17.1 Å². The van der Waals surface area contributed by atoms with E-state index >= 15 is 0 Å². The van der Waals surface area contributed by atoms with Gasteiger partial charge in [-0.15, -0.1) is 0 Å². The Kier molecular flexibility index (Phi) is 6.06. The normalized spacial score (nSPS) is 12.3. The number of anilines is 2. The van der Waals surface area contributed by atoms with E-state index in [9.17, 15) is 31.1 Å². The highest BCUT2D eigenvalue weighted by atomic mass is 19.4. The largest absolute Gasteiger partial charge is 0.418 e. The summed E-state index contributed by atoms with van der Waals surface area (Å²) in [7, 11) is 3.15. The molecule has 2 rings (SSSR count). The molecule has 1 amide bonds. The molecule has 0 saturated heterocycles. The monoisotopic (exact) mass is 402 g/mol. The van der Waals surface area contributed by atoms with Gasteiger partial charge in [0.15, 0.2) is 0 Å². The van der Waals surface area contributed by atoms with Crippen molar-refractivity contribution in [2.75, 3.05) is 24.3 Å². The van der Waals surface area contributed by atoms with Crippen LogP contribution in [0.2, 0.25) is 0 Å². The number of amides is 1. The van der Waals surface area contributed by atoms with E-state index in [0.717, 1.165) is 36.4 Å². The summed E-state index contributed by atoms with van der Waals surface area (Å²) < 4.78 is 77.8. The van der Waals surface area contributed by atoms with Crippen LogP contribution in [0.1, 0.15) is 16.7 Å². The number of benzene rings is 2. The van der Waals surface area contributed by atoms with Crippen LogP contribution in [0.5, 0.6) is 0 Å². The van der Waals surface area contributed by atoms with Gasteiger partial charge in [0.05, 0.1) is 16.8 Å². The highest BCUT2D eigenvalue weighted by Gasteiger charge is 2.34. The van der Waals surface area contributed by atoms with Crippen molar-refractivity contribution in [2.24, 2.45) is 0 Å². The molecule has 0 saturated carbocycles.